The van der Waals surface area contributed by atoms with Crippen LogP contribution in [-0.4, -0.2) is 27.9 Å². The number of ether oxygens (including phenoxy) is 1. The smallest absolute Gasteiger partial charge is 0.340 e. The first-order valence-electron chi connectivity index (χ1n) is 12.5. The summed E-state index contributed by atoms with van der Waals surface area (Å²) in [5, 5.41) is 2.44. The minimum absolute atomic E-state index is 0. The number of benzene rings is 4. The van der Waals surface area contributed by atoms with Crippen LogP contribution < -0.4 is 0 Å². The van der Waals surface area contributed by atoms with Gasteiger partial charge in [-0.15, -0.1) is 12.4 Å². The van der Waals surface area contributed by atoms with E-state index in [9.17, 15) is 4.79 Å². The summed E-state index contributed by atoms with van der Waals surface area (Å²) in [4.78, 5) is 17.3. The second-order valence-electron chi connectivity index (χ2n) is 9.35. The minimum atomic E-state index is -0.859. The summed E-state index contributed by atoms with van der Waals surface area (Å²) in [7, 11) is 0. The second kappa shape index (κ2) is 14.5. The van der Waals surface area contributed by atoms with Crippen LogP contribution in [0, 0.1) is 0 Å². The van der Waals surface area contributed by atoms with E-state index in [1.807, 2.05) is 65.8 Å². The van der Waals surface area contributed by atoms with E-state index in [0.717, 1.165) is 11.1 Å². The highest BCUT2D eigenvalue weighted by Crippen LogP contribution is 2.37. The zero-order valence-corrected chi connectivity index (χ0v) is 27.0. The monoisotopic (exact) mass is 700 g/mol. The van der Waals surface area contributed by atoms with Gasteiger partial charge in [0.2, 0.25) is 0 Å². The average molecular weight is 704 g/mol. The Kier molecular flexibility index (Phi) is 11.2. The molecule has 0 aromatic heterocycles. The number of carbonyl (C=O) groups excluding carboxylic acids is 1. The summed E-state index contributed by atoms with van der Waals surface area (Å²) in [6, 6.07) is 26.8. The highest BCUT2D eigenvalue weighted by molar-refractivity contribution is 6.36. The fraction of sp³-hybridized carbons (Fsp3) is 0.129. The Labute approximate surface area is 280 Å². The van der Waals surface area contributed by atoms with Gasteiger partial charge in [0, 0.05) is 32.5 Å². The van der Waals surface area contributed by atoms with Crippen molar-refractivity contribution in [3.63, 3.8) is 0 Å². The van der Waals surface area contributed by atoms with Gasteiger partial charge in [0.05, 0.1) is 23.3 Å². The Bertz CT molecular complexity index is 1500. The Morgan fingerprint density at radius 1 is 0.643 bits per heavy atom. The van der Waals surface area contributed by atoms with Crippen LogP contribution >= 0.6 is 82.0 Å². The first-order chi connectivity index (χ1) is 19.7. The third kappa shape index (κ3) is 7.62. The molecule has 0 amide bonds. The first-order valence-corrected chi connectivity index (χ1v) is 14.8. The predicted octanol–water partition coefficient (Wildman–Crippen LogP) is 10.7. The van der Waals surface area contributed by atoms with Crippen molar-refractivity contribution in [1.29, 1.82) is 0 Å². The lowest BCUT2D eigenvalue weighted by Crippen LogP contribution is -2.37. The zero-order chi connectivity index (χ0) is 29.1. The molecule has 1 aliphatic heterocycles. The van der Waals surface area contributed by atoms with Gasteiger partial charge in [-0.3, -0.25) is 0 Å². The molecule has 5 rings (SSSR count). The normalized spacial score (nSPS) is 14.1. The van der Waals surface area contributed by atoms with E-state index in [2.05, 4.69) is 4.90 Å². The Balaban J connectivity index is 0.00000405. The number of nitrogens with zero attached hydrogens (tertiary/aromatic N) is 2. The van der Waals surface area contributed by atoms with Crippen molar-refractivity contribution in [2.75, 3.05) is 6.67 Å². The van der Waals surface area contributed by atoms with Crippen molar-refractivity contribution in [1.82, 2.24) is 9.80 Å². The maximum atomic E-state index is 13.2. The van der Waals surface area contributed by atoms with Gasteiger partial charge in [-0.1, -0.05) is 106 Å². The lowest BCUT2D eigenvalue weighted by molar-refractivity contribution is 0.0158. The quantitative estimate of drug-likeness (QED) is 0.104. The van der Waals surface area contributed by atoms with Crippen LogP contribution in [0.3, 0.4) is 0 Å². The molecule has 11 heteroatoms. The van der Waals surface area contributed by atoms with Crippen molar-refractivity contribution >= 4 is 88.0 Å². The van der Waals surface area contributed by atoms with Crippen LogP contribution in [0.4, 0.5) is 0 Å². The molecule has 2 atom stereocenters. The Morgan fingerprint density at radius 2 is 1.10 bits per heavy atom. The summed E-state index contributed by atoms with van der Waals surface area (Å²) < 4.78 is 5.98. The summed E-state index contributed by atoms with van der Waals surface area (Å²) in [5.74, 6) is -0.627. The number of carbonyl (C=O) groups is 1. The van der Waals surface area contributed by atoms with Crippen molar-refractivity contribution in [3.05, 3.63) is 151 Å². The standard InChI is InChI=1S/C31H22Cl6N2O2.ClH/c32-22-7-1-19(2-8-22)28(20-3-9-23(33)10-4-20)38-15-16-39(18-38)30(37)29(21-5-11-24(34)12-6-21)41-31(40)26-14-13-25(35)17-27(26)36;/h1-17,28-30H,18H2;1H. The Hall–Kier alpha value is -2.28. The van der Waals surface area contributed by atoms with Crippen LogP contribution in [0.1, 0.15) is 39.2 Å². The first kappa shape index (κ1) is 32.6. The summed E-state index contributed by atoms with van der Waals surface area (Å²) >= 11 is 37.9. The zero-order valence-electron chi connectivity index (χ0n) is 21.6. The van der Waals surface area contributed by atoms with Crippen LogP contribution in [0.2, 0.25) is 25.1 Å². The number of esters is 1. The maximum Gasteiger partial charge on any atom is 0.340 e. The number of rotatable bonds is 8. The molecule has 0 fully saturated rings. The number of hydrogen-bond acceptors (Lipinski definition) is 4. The molecule has 0 aliphatic carbocycles. The molecule has 0 spiro atoms. The van der Waals surface area contributed by atoms with Crippen molar-refractivity contribution < 1.29 is 9.53 Å². The van der Waals surface area contributed by atoms with Gasteiger partial charge < -0.3 is 14.5 Å². The van der Waals surface area contributed by atoms with E-state index in [0.29, 0.717) is 32.3 Å². The molecule has 0 saturated heterocycles. The lowest BCUT2D eigenvalue weighted by Gasteiger charge is -2.34. The molecule has 0 N–H and O–H groups in total. The van der Waals surface area contributed by atoms with E-state index in [-0.39, 0.29) is 29.0 Å². The highest BCUT2D eigenvalue weighted by atomic mass is 35.5. The van der Waals surface area contributed by atoms with Gasteiger partial charge in [0.25, 0.3) is 0 Å². The van der Waals surface area contributed by atoms with Gasteiger partial charge in [0.15, 0.2) is 6.10 Å². The predicted molar refractivity (Wildman–Crippen MR) is 175 cm³/mol. The SMILES string of the molecule is Cl.O=C(OC(c1ccc(Cl)cc1)C(Cl)N1C=CN(C(c2ccc(Cl)cc2)c2ccc(Cl)cc2)C1)c1ccc(Cl)cc1Cl. The van der Waals surface area contributed by atoms with Gasteiger partial charge >= 0.3 is 5.97 Å². The van der Waals surface area contributed by atoms with Gasteiger partial charge in [-0.2, -0.15) is 0 Å². The molecule has 4 aromatic rings. The summed E-state index contributed by atoms with van der Waals surface area (Å²) in [6.07, 6.45) is 2.98. The van der Waals surface area contributed by atoms with E-state index < -0.39 is 17.6 Å². The van der Waals surface area contributed by atoms with Gasteiger partial charge in [-0.05, 0) is 71.3 Å². The number of alkyl halides is 1. The third-order valence-electron chi connectivity index (χ3n) is 6.63. The molecule has 1 aliphatic rings. The summed E-state index contributed by atoms with van der Waals surface area (Å²) in [5.41, 5.74) is 2.15. The second-order valence-corrected chi connectivity index (χ2v) is 11.9. The fourth-order valence-electron chi connectivity index (χ4n) is 4.59. The molecule has 42 heavy (non-hydrogen) atoms. The third-order valence-corrected chi connectivity index (χ3v) is 8.41. The molecule has 2 unspecified atom stereocenters. The van der Waals surface area contributed by atoms with Crippen LogP contribution in [-0.2, 0) is 4.74 Å². The number of halogens is 7. The molecule has 4 aromatic carbocycles. The number of hydrogen-bond donors (Lipinski definition) is 0. The van der Waals surface area contributed by atoms with Crippen molar-refractivity contribution in [2.24, 2.45) is 0 Å². The molecule has 0 bridgehead atoms. The topological polar surface area (TPSA) is 32.8 Å². The molecule has 1 heterocycles. The van der Waals surface area contributed by atoms with Crippen molar-refractivity contribution in [3.8, 4) is 0 Å². The van der Waals surface area contributed by atoms with Crippen LogP contribution in [0.5, 0.6) is 0 Å². The van der Waals surface area contributed by atoms with E-state index in [1.54, 1.807) is 30.3 Å². The molecule has 4 nitrogen and oxygen atoms in total. The largest absolute Gasteiger partial charge is 0.450 e. The molecule has 0 radical (unpaired) electrons. The van der Waals surface area contributed by atoms with Crippen molar-refractivity contribution in [2.45, 2.75) is 17.6 Å². The Morgan fingerprint density at radius 3 is 1.60 bits per heavy atom. The van der Waals surface area contributed by atoms with Gasteiger partial charge in [-0.25, -0.2) is 4.79 Å². The van der Waals surface area contributed by atoms with Crippen LogP contribution in [0.25, 0.3) is 0 Å². The summed E-state index contributed by atoms with van der Waals surface area (Å²) in [6.45, 7) is 0.410. The van der Waals surface area contributed by atoms with E-state index >= 15 is 0 Å². The molecule has 218 valence electrons. The molecular formula is C31H23Cl7N2O2. The van der Waals surface area contributed by atoms with E-state index in [1.165, 1.54) is 12.1 Å². The minimum Gasteiger partial charge on any atom is -0.450 e. The molecular weight excluding hydrogens is 681 g/mol. The fourth-order valence-corrected chi connectivity index (χ4v) is 5.78. The van der Waals surface area contributed by atoms with Crippen LogP contribution in [0.15, 0.2) is 103 Å². The average Bonchev–Trinajstić information content (AvgIpc) is 3.44. The highest BCUT2D eigenvalue weighted by Gasteiger charge is 2.34. The van der Waals surface area contributed by atoms with Gasteiger partial charge in [0.1, 0.15) is 5.50 Å². The lowest BCUT2D eigenvalue weighted by atomic mass is 9.97. The molecule has 0 saturated carbocycles. The van der Waals surface area contributed by atoms with E-state index in [4.69, 9.17) is 74.3 Å². The maximum absolute atomic E-state index is 13.2.